The van der Waals surface area contributed by atoms with Gasteiger partial charge in [-0.15, -0.1) is 0 Å². The Morgan fingerprint density at radius 1 is 1.33 bits per heavy atom. The lowest BCUT2D eigenvalue weighted by Crippen LogP contribution is -2.29. The molecule has 0 radical (unpaired) electrons. The summed E-state index contributed by atoms with van der Waals surface area (Å²) in [6.07, 6.45) is 4.40. The number of ether oxygens (including phenoxy) is 2. The lowest BCUT2D eigenvalue weighted by Gasteiger charge is -2.24. The molecule has 27 heavy (non-hydrogen) atoms. The number of fused-ring (bicyclic) bond motifs is 1. The molecule has 1 aliphatic rings. The maximum atomic E-state index is 12.9. The molecule has 2 aromatic heterocycles. The highest BCUT2D eigenvalue weighted by atomic mass is 28.3. The molecule has 1 aliphatic heterocycles. The molecule has 148 valence electrons. The van der Waals surface area contributed by atoms with Gasteiger partial charge in [-0.25, -0.2) is 9.48 Å². The predicted molar refractivity (Wildman–Crippen MR) is 104 cm³/mol. The largest absolute Gasteiger partial charge is 0.478 e. The molecule has 1 saturated heterocycles. The molecule has 0 atom stereocenters. The maximum absolute atomic E-state index is 12.9. The van der Waals surface area contributed by atoms with Crippen LogP contribution in [0.25, 0.3) is 10.9 Å². The Morgan fingerprint density at radius 3 is 2.67 bits per heavy atom. The van der Waals surface area contributed by atoms with E-state index in [9.17, 15) is 14.7 Å². The molecule has 0 unspecified atom stereocenters. The second-order valence-electron chi connectivity index (χ2n) is 8.18. The molecule has 1 fully saturated rings. The molecule has 0 aromatic carbocycles. The summed E-state index contributed by atoms with van der Waals surface area (Å²) in [6, 6.07) is 0.982. The van der Waals surface area contributed by atoms with Crippen molar-refractivity contribution in [3.8, 4) is 0 Å². The van der Waals surface area contributed by atoms with E-state index < -0.39 is 14.0 Å². The predicted octanol–water partition coefficient (Wildman–Crippen LogP) is 2.56. The van der Waals surface area contributed by atoms with E-state index in [1.165, 1.54) is 15.4 Å². The Bertz CT molecular complexity index is 877. The third-order valence-electron chi connectivity index (χ3n) is 4.78. The van der Waals surface area contributed by atoms with Crippen LogP contribution in [0, 0.1) is 0 Å². The van der Waals surface area contributed by atoms with Crippen LogP contribution >= 0.6 is 0 Å². The van der Waals surface area contributed by atoms with Crippen LogP contribution in [0.1, 0.15) is 29.2 Å². The fourth-order valence-corrected chi connectivity index (χ4v) is 3.93. The van der Waals surface area contributed by atoms with E-state index in [2.05, 4.69) is 24.7 Å². The van der Waals surface area contributed by atoms with Gasteiger partial charge in [0.2, 0.25) is 0 Å². The van der Waals surface area contributed by atoms with Crippen LogP contribution in [0.3, 0.4) is 0 Å². The Balaban J connectivity index is 1.89. The summed E-state index contributed by atoms with van der Waals surface area (Å²) in [6.45, 7) is 8.80. The fourth-order valence-electron chi connectivity index (χ4n) is 3.17. The van der Waals surface area contributed by atoms with Crippen LogP contribution in [0.5, 0.6) is 0 Å². The van der Waals surface area contributed by atoms with Gasteiger partial charge >= 0.3 is 5.97 Å². The zero-order chi connectivity index (χ0) is 19.6. The molecule has 9 heteroatoms. The highest BCUT2D eigenvalue weighted by Gasteiger charge is 2.23. The average molecular weight is 394 g/mol. The fraction of sp³-hybridized carbons (Fsp3) is 0.611. The van der Waals surface area contributed by atoms with E-state index in [-0.39, 0.29) is 29.4 Å². The van der Waals surface area contributed by atoms with Gasteiger partial charge in [0.1, 0.15) is 17.8 Å². The van der Waals surface area contributed by atoms with Gasteiger partial charge in [-0.05, 0) is 18.9 Å². The van der Waals surface area contributed by atoms with Gasteiger partial charge in [0.25, 0.3) is 5.56 Å². The third kappa shape index (κ3) is 4.66. The lowest BCUT2D eigenvalue weighted by molar-refractivity contribution is 0.0672. The van der Waals surface area contributed by atoms with Crippen molar-refractivity contribution in [3.05, 3.63) is 28.3 Å². The van der Waals surface area contributed by atoms with Gasteiger partial charge in [-0.3, -0.25) is 4.79 Å². The van der Waals surface area contributed by atoms with Crippen molar-refractivity contribution < 1.29 is 19.4 Å². The minimum atomic E-state index is -1.18. The number of rotatable bonds is 7. The molecular weight excluding hydrogens is 366 g/mol. The van der Waals surface area contributed by atoms with Crippen molar-refractivity contribution in [2.75, 3.05) is 19.8 Å². The van der Waals surface area contributed by atoms with Crippen LogP contribution < -0.4 is 5.56 Å². The lowest BCUT2D eigenvalue weighted by atomic mass is 10.1. The topological polar surface area (TPSA) is 95.6 Å². The summed E-state index contributed by atoms with van der Waals surface area (Å²) in [5, 5.41) is 14.2. The highest BCUT2D eigenvalue weighted by Crippen LogP contribution is 2.22. The molecule has 0 amide bonds. The summed E-state index contributed by atoms with van der Waals surface area (Å²) in [4.78, 5) is 24.6. The van der Waals surface area contributed by atoms with Gasteiger partial charge in [0, 0.05) is 46.3 Å². The van der Waals surface area contributed by atoms with E-state index in [4.69, 9.17) is 9.47 Å². The number of carbonyl (C=O) groups is 1. The number of carboxylic acid groups (broad SMARTS) is 1. The molecule has 0 bridgehead atoms. The number of nitrogens with zero attached hydrogens (tertiary/aromatic N) is 3. The molecule has 0 aliphatic carbocycles. The first-order valence-corrected chi connectivity index (χ1v) is 13.0. The highest BCUT2D eigenvalue weighted by molar-refractivity contribution is 6.76. The number of carboxylic acids is 1. The quantitative estimate of drug-likeness (QED) is 0.574. The van der Waals surface area contributed by atoms with Crippen LogP contribution in [0.2, 0.25) is 25.7 Å². The van der Waals surface area contributed by atoms with Crippen LogP contribution in [0.4, 0.5) is 0 Å². The van der Waals surface area contributed by atoms with Crippen molar-refractivity contribution in [1.82, 2.24) is 14.3 Å². The number of aromatic nitrogens is 3. The molecule has 3 heterocycles. The van der Waals surface area contributed by atoms with E-state index in [0.717, 1.165) is 6.04 Å². The van der Waals surface area contributed by atoms with Gasteiger partial charge < -0.3 is 19.1 Å². The number of aromatic carboxylic acids is 1. The monoisotopic (exact) mass is 393 g/mol. The summed E-state index contributed by atoms with van der Waals surface area (Å²) in [5.74, 6) is -1.09. The number of hydrogen-bond acceptors (Lipinski definition) is 5. The number of pyridine rings is 1. The maximum Gasteiger partial charge on any atom is 0.339 e. The summed E-state index contributed by atoms with van der Waals surface area (Å²) in [7, 11) is -1.18. The average Bonchev–Trinajstić information content (AvgIpc) is 3.03. The van der Waals surface area contributed by atoms with E-state index in [1.54, 1.807) is 6.20 Å². The molecule has 0 spiro atoms. The normalized spacial score (nSPS) is 16.1. The minimum absolute atomic E-state index is 0.0388. The summed E-state index contributed by atoms with van der Waals surface area (Å²) < 4.78 is 14.1. The van der Waals surface area contributed by atoms with Crippen LogP contribution in [-0.2, 0) is 16.2 Å². The second-order valence-corrected chi connectivity index (χ2v) is 13.8. The first-order chi connectivity index (χ1) is 12.8. The van der Waals surface area contributed by atoms with Gasteiger partial charge in [0.15, 0.2) is 0 Å². The van der Waals surface area contributed by atoms with Crippen molar-refractivity contribution in [2.45, 2.75) is 51.3 Å². The van der Waals surface area contributed by atoms with Gasteiger partial charge in [0.05, 0.1) is 5.39 Å². The van der Waals surface area contributed by atoms with Crippen molar-refractivity contribution in [3.63, 3.8) is 0 Å². The smallest absolute Gasteiger partial charge is 0.339 e. The molecule has 1 N–H and O–H groups in total. The molecule has 2 aromatic rings. The first kappa shape index (κ1) is 19.8. The zero-order valence-electron chi connectivity index (χ0n) is 16.1. The van der Waals surface area contributed by atoms with Crippen molar-refractivity contribution in [1.29, 1.82) is 0 Å². The molecule has 8 nitrogen and oxygen atoms in total. The van der Waals surface area contributed by atoms with Crippen molar-refractivity contribution in [2.24, 2.45) is 0 Å². The zero-order valence-corrected chi connectivity index (χ0v) is 17.1. The Kier molecular flexibility index (Phi) is 5.83. The molecular formula is C18H27N3O5Si. The third-order valence-corrected chi connectivity index (χ3v) is 6.49. The Labute approximate surface area is 158 Å². The van der Waals surface area contributed by atoms with Gasteiger partial charge in [-0.2, -0.15) is 5.10 Å². The SMILES string of the molecule is C[Si](C)(C)CCOCn1cc2c(=O)n(C3CCOCC3)cc(C(=O)O)c2n1. The van der Waals surface area contributed by atoms with E-state index in [1.807, 2.05) is 0 Å². The van der Waals surface area contributed by atoms with Crippen molar-refractivity contribution >= 4 is 24.9 Å². The van der Waals surface area contributed by atoms with Gasteiger partial charge in [-0.1, -0.05) is 19.6 Å². The Hall–Kier alpha value is -1.97. The number of hydrogen-bond donors (Lipinski definition) is 1. The van der Waals surface area contributed by atoms with Crippen LogP contribution in [0.15, 0.2) is 17.2 Å². The van der Waals surface area contributed by atoms with E-state index in [0.29, 0.717) is 38.0 Å². The minimum Gasteiger partial charge on any atom is -0.478 e. The summed E-state index contributed by atoms with van der Waals surface area (Å²) in [5.41, 5.74) is 0.0387. The summed E-state index contributed by atoms with van der Waals surface area (Å²) >= 11 is 0. The second kappa shape index (κ2) is 7.95. The molecule has 3 rings (SSSR count). The first-order valence-electron chi connectivity index (χ1n) is 9.27. The Morgan fingerprint density at radius 2 is 2.04 bits per heavy atom. The standard InChI is InChI=1S/C18H27N3O5Si/c1-27(2,3)9-8-26-12-20-10-14-16(19-20)15(18(23)24)11-21(17(14)22)13-4-6-25-7-5-13/h10-11,13H,4-9,12H2,1-3H3,(H,23,24). The van der Waals surface area contributed by atoms with E-state index >= 15 is 0 Å². The molecule has 0 saturated carbocycles. The van der Waals surface area contributed by atoms with Crippen LogP contribution in [-0.4, -0.2) is 53.3 Å².